The number of aromatic nitrogens is 2. The highest BCUT2D eigenvalue weighted by atomic mass is 14.8. The van der Waals surface area contributed by atoms with E-state index in [0.717, 1.165) is 39.3 Å². The van der Waals surface area contributed by atoms with Gasteiger partial charge in [0.25, 0.3) is 0 Å². The zero-order valence-electron chi connectivity index (χ0n) is 18.3. The molecule has 0 atom stereocenters. The van der Waals surface area contributed by atoms with E-state index in [1.807, 2.05) is 79.7 Å². The number of benzene rings is 2. The zero-order chi connectivity index (χ0) is 22.7. The van der Waals surface area contributed by atoms with Crippen molar-refractivity contribution in [2.24, 2.45) is 0 Å². The summed E-state index contributed by atoms with van der Waals surface area (Å²) >= 11 is 0. The van der Waals surface area contributed by atoms with E-state index >= 15 is 0 Å². The van der Waals surface area contributed by atoms with Gasteiger partial charge in [0, 0.05) is 17.2 Å². The first kappa shape index (κ1) is 21.0. The third-order valence-corrected chi connectivity index (χ3v) is 5.59. The molecule has 2 aromatic carbocycles. The van der Waals surface area contributed by atoms with Crippen molar-refractivity contribution < 1.29 is 0 Å². The van der Waals surface area contributed by atoms with Crippen LogP contribution in [0.1, 0.15) is 41.9 Å². The SMILES string of the molecule is Cc1cc(C#N)cc(-c2cc(C#N)cc(-c3cccc(C(C)(C)c4ccccn4)n3)c2)c1. The monoisotopic (exact) mass is 414 g/mol. The van der Waals surface area contributed by atoms with Crippen LogP contribution in [0.15, 0.2) is 79.0 Å². The molecule has 32 heavy (non-hydrogen) atoms. The van der Waals surface area contributed by atoms with Crippen LogP contribution in [0, 0.1) is 29.6 Å². The number of nitriles is 2. The first-order valence-corrected chi connectivity index (χ1v) is 10.4. The van der Waals surface area contributed by atoms with Gasteiger partial charge in [-0.1, -0.05) is 18.2 Å². The molecule has 0 bridgehead atoms. The van der Waals surface area contributed by atoms with Crippen LogP contribution in [0.25, 0.3) is 22.4 Å². The van der Waals surface area contributed by atoms with Gasteiger partial charge in [-0.05, 0) is 92.1 Å². The van der Waals surface area contributed by atoms with Crippen LogP contribution in [-0.2, 0) is 5.41 Å². The predicted octanol–water partition coefficient (Wildman–Crippen LogP) is 6.19. The van der Waals surface area contributed by atoms with Gasteiger partial charge < -0.3 is 0 Å². The van der Waals surface area contributed by atoms with Crippen LogP contribution in [-0.4, -0.2) is 9.97 Å². The standard InChI is InChI=1S/C28H22N4/c1-19-11-20(17-29)13-22(12-19)23-14-21(18-30)15-24(16-23)25-7-6-9-27(32-25)28(2,3)26-8-4-5-10-31-26/h4-16H,1-3H3. The minimum Gasteiger partial charge on any atom is -0.260 e. The molecule has 0 radical (unpaired) electrons. The second-order valence-corrected chi connectivity index (χ2v) is 8.36. The number of rotatable bonds is 4. The van der Waals surface area contributed by atoms with E-state index in [4.69, 9.17) is 4.98 Å². The fraction of sp³-hybridized carbons (Fsp3) is 0.143. The minimum absolute atomic E-state index is 0.370. The first-order valence-electron chi connectivity index (χ1n) is 10.4. The quantitative estimate of drug-likeness (QED) is 0.399. The van der Waals surface area contributed by atoms with Gasteiger partial charge >= 0.3 is 0 Å². The maximum Gasteiger partial charge on any atom is 0.0992 e. The van der Waals surface area contributed by atoms with Gasteiger partial charge in [0.1, 0.15) is 0 Å². The molecule has 0 saturated carbocycles. The van der Waals surface area contributed by atoms with Crippen molar-refractivity contribution in [3.05, 3.63) is 107 Å². The first-order chi connectivity index (χ1) is 15.4. The van der Waals surface area contributed by atoms with Crippen LogP contribution in [0.2, 0.25) is 0 Å². The summed E-state index contributed by atoms with van der Waals surface area (Å²) in [4.78, 5) is 9.48. The largest absolute Gasteiger partial charge is 0.260 e. The molecule has 4 rings (SSSR count). The smallest absolute Gasteiger partial charge is 0.0992 e. The number of aryl methyl sites for hydroxylation is 1. The Kier molecular flexibility index (Phi) is 5.54. The Hall–Kier alpha value is -4.28. The molecule has 2 aromatic heterocycles. The molecular weight excluding hydrogens is 392 g/mol. The van der Waals surface area contributed by atoms with Gasteiger partial charge in [0.15, 0.2) is 0 Å². The van der Waals surface area contributed by atoms with Crippen molar-refractivity contribution in [3.8, 4) is 34.5 Å². The predicted molar refractivity (Wildman–Crippen MR) is 126 cm³/mol. The number of nitrogens with zero attached hydrogens (tertiary/aromatic N) is 4. The van der Waals surface area contributed by atoms with Gasteiger partial charge in [-0.3, -0.25) is 9.97 Å². The van der Waals surface area contributed by atoms with Crippen molar-refractivity contribution in [2.75, 3.05) is 0 Å². The van der Waals surface area contributed by atoms with Crippen LogP contribution in [0.5, 0.6) is 0 Å². The lowest BCUT2D eigenvalue weighted by atomic mass is 9.84. The molecule has 2 heterocycles. The van der Waals surface area contributed by atoms with Gasteiger partial charge in [-0.2, -0.15) is 10.5 Å². The number of hydrogen-bond acceptors (Lipinski definition) is 4. The van der Waals surface area contributed by atoms with Crippen LogP contribution in [0.3, 0.4) is 0 Å². The van der Waals surface area contributed by atoms with Gasteiger partial charge in [-0.25, -0.2) is 0 Å². The summed E-state index contributed by atoms with van der Waals surface area (Å²) in [5.74, 6) is 0. The van der Waals surface area contributed by atoms with E-state index in [2.05, 4.69) is 31.0 Å². The van der Waals surface area contributed by atoms with Crippen LogP contribution >= 0.6 is 0 Å². The maximum absolute atomic E-state index is 9.64. The van der Waals surface area contributed by atoms with Gasteiger partial charge in [0.2, 0.25) is 0 Å². The molecule has 0 saturated heterocycles. The van der Waals surface area contributed by atoms with E-state index in [0.29, 0.717) is 11.1 Å². The number of hydrogen-bond donors (Lipinski definition) is 0. The summed E-state index contributed by atoms with van der Waals surface area (Å²) in [6.07, 6.45) is 1.79. The highest BCUT2D eigenvalue weighted by Gasteiger charge is 2.26. The summed E-state index contributed by atoms with van der Waals surface area (Å²) < 4.78 is 0. The number of pyridine rings is 2. The fourth-order valence-corrected chi connectivity index (χ4v) is 3.83. The van der Waals surface area contributed by atoms with E-state index in [1.54, 1.807) is 6.20 Å². The normalized spacial score (nSPS) is 10.9. The maximum atomic E-state index is 9.64. The molecule has 0 fully saturated rings. The van der Waals surface area contributed by atoms with E-state index in [-0.39, 0.29) is 5.41 Å². The van der Waals surface area contributed by atoms with Crippen LogP contribution < -0.4 is 0 Å². The summed E-state index contributed by atoms with van der Waals surface area (Å²) in [6.45, 7) is 6.17. The van der Waals surface area contributed by atoms with Crippen molar-refractivity contribution >= 4 is 0 Å². The lowest BCUT2D eigenvalue weighted by Gasteiger charge is -2.24. The van der Waals surface area contributed by atoms with Crippen molar-refractivity contribution in [2.45, 2.75) is 26.2 Å². The molecule has 0 amide bonds. The highest BCUT2D eigenvalue weighted by molar-refractivity contribution is 5.75. The molecule has 0 aliphatic heterocycles. The van der Waals surface area contributed by atoms with Crippen molar-refractivity contribution in [1.29, 1.82) is 10.5 Å². The summed E-state index contributed by atoms with van der Waals surface area (Å²) in [6, 6.07) is 27.8. The topological polar surface area (TPSA) is 73.4 Å². The lowest BCUT2D eigenvalue weighted by molar-refractivity contribution is 0.596. The molecule has 0 aliphatic carbocycles. The average molecular weight is 415 g/mol. The molecule has 4 aromatic rings. The Balaban J connectivity index is 1.83. The lowest BCUT2D eigenvalue weighted by Crippen LogP contribution is -2.22. The van der Waals surface area contributed by atoms with Gasteiger partial charge in [-0.15, -0.1) is 0 Å². The summed E-state index contributed by atoms with van der Waals surface area (Å²) in [5, 5.41) is 19.0. The fourth-order valence-electron chi connectivity index (χ4n) is 3.83. The van der Waals surface area contributed by atoms with Gasteiger partial charge in [0.05, 0.1) is 40.3 Å². The molecular formula is C28H22N4. The molecule has 154 valence electrons. The average Bonchev–Trinajstić information content (AvgIpc) is 2.84. The van der Waals surface area contributed by atoms with E-state index in [1.165, 1.54) is 0 Å². The van der Waals surface area contributed by atoms with Crippen molar-refractivity contribution in [1.82, 2.24) is 9.97 Å². The van der Waals surface area contributed by atoms with E-state index in [9.17, 15) is 10.5 Å². The Morgan fingerprint density at radius 3 is 2.06 bits per heavy atom. The summed E-state index contributed by atoms with van der Waals surface area (Å²) in [7, 11) is 0. The molecule has 0 spiro atoms. The molecule has 0 unspecified atom stereocenters. The Bertz CT molecular complexity index is 1370. The molecule has 0 aliphatic rings. The minimum atomic E-state index is -0.370. The molecule has 4 nitrogen and oxygen atoms in total. The van der Waals surface area contributed by atoms with Crippen LogP contribution in [0.4, 0.5) is 0 Å². The molecule has 4 heteroatoms. The Morgan fingerprint density at radius 2 is 1.38 bits per heavy atom. The highest BCUT2D eigenvalue weighted by Crippen LogP contribution is 2.32. The molecule has 0 N–H and O–H groups in total. The third kappa shape index (κ3) is 4.13. The summed E-state index contributed by atoms with van der Waals surface area (Å²) in [5.41, 5.74) is 7.07. The third-order valence-electron chi connectivity index (χ3n) is 5.59. The van der Waals surface area contributed by atoms with E-state index < -0.39 is 0 Å². The second-order valence-electron chi connectivity index (χ2n) is 8.36. The van der Waals surface area contributed by atoms with Crippen molar-refractivity contribution in [3.63, 3.8) is 0 Å². The second kappa shape index (κ2) is 8.46. The Labute approximate surface area is 188 Å². The zero-order valence-corrected chi connectivity index (χ0v) is 18.3. The Morgan fingerprint density at radius 1 is 0.719 bits per heavy atom.